The number of halogens is 2. The fourth-order valence-corrected chi connectivity index (χ4v) is 2.25. The number of nitro benzene ring substituents is 1. The van der Waals surface area contributed by atoms with Crippen LogP contribution in [0, 0.1) is 15.9 Å². The summed E-state index contributed by atoms with van der Waals surface area (Å²) in [6.07, 6.45) is 3.30. The summed E-state index contributed by atoms with van der Waals surface area (Å²) in [4.78, 5) is 9.93. The van der Waals surface area contributed by atoms with Crippen LogP contribution in [-0.2, 0) is 0 Å². The Labute approximate surface area is 126 Å². The Morgan fingerprint density at radius 3 is 2.86 bits per heavy atom. The quantitative estimate of drug-likeness (QED) is 0.529. The SMILES string of the molecule is O=[N+]([O-])c1ccc(Oc2c(Br)ccn3nccc23)c(F)c1. The average Bonchev–Trinajstić information content (AvgIpc) is 2.92. The maximum absolute atomic E-state index is 13.9. The zero-order valence-electron chi connectivity index (χ0n) is 10.4. The number of nitrogens with zero attached hydrogens (tertiary/aromatic N) is 3. The monoisotopic (exact) mass is 351 g/mol. The molecule has 21 heavy (non-hydrogen) atoms. The fraction of sp³-hybridized carbons (Fsp3) is 0. The number of nitro groups is 1. The van der Waals surface area contributed by atoms with Gasteiger partial charge in [-0.25, -0.2) is 8.91 Å². The molecule has 3 rings (SSSR count). The van der Waals surface area contributed by atoms with Gasteiger partial charge in [0.2, 0.25) is 0 Å². The lowest BCUT2D eigenvalue weighted by Gasteiger charge is -2.10. The molecule has 106 valence electrons. The molecule has 2 aromatic heterocycles. The van der Waals surface area contributed by atoms with E-state index < -0.39 is 10.7 Å². The Kier molecular flexibility index (Phi) is 3.30. The highest BCUT2D eigenvalue weighted by molar-refractivity contribution is 9.10. The van der Waals surface area contributed by atoms with Gasteiger partial charge >= 0.3 is 0 Å². The molecule has 0 radical (unpaired) electrons. The Bertz CT molecular complexity index is 850. The normalized spacial score (nSPS) is 10.8. The lowest BCUT2D eigenvalue weighted by Crippen LogP contribution is -1.95. The first-order valence-electron chi connectivity index (χ1n) is 5.80. The molecule has 0 amide bonds. The van der Waals surface area contributed by atoms with Gasteiger partial charge in [0.05, 0.1) is 21.7 Å². The lowest BCUT2D eigenvalue weighted by molar-refractivity contribution is -0.385. The van der Waals surface area contributed by atoms with Crippen LogP contribution in [0.4, 0.5) is 10.1 Å². The summed E-state index contributed by atoms with van der Waals surface area (Å²) in [6.45, 7) is 0. The summed E-state index contributed by atoms with van der Waals surface area (Å²) < 4.78 is 21.6. The van der Waals surface area contributed by atoms with E-state index in [9.17, 15) is 14.5 Å². The second-order valence-electron chi connectivity index (χ2n) is 4.13. The molecule has 0 aliphatic carbocycles. The highest BCUT2D eigenvalue weighted by atomic mass is 79.9. The maximum Gasteiger partial charge on any atom is 0.272 e. The van der Waals surface area contributed by atoms with E-state index in [1.165, 1.54) is 12.1 Å². The third kappa shape index (κ3) is 2.45. The van der Waals surface area contributed by atoms with E-state index in [2.05, 4.69) is 21.0 Å². The van der Waals surface area contributed by atoms with Crippen LogP contribution in [0.2, 0.25) is 0 Å². The first-order chi connectivity index (χ1) is 10.1. The van der Waals surface area contributed by atoms with E-state index in [-0.39, 0.29) is 11.4 Å². The summed E-state index contributed by atoms with van der Waals surface area (Å²) in [5, 5.41) is 14.7. The Hall–Kier alpha value is -2.48. The molecule has 0 saturated carbocycles. The number of rotatable bonds is 3. The summed E-state index contributed by atoms with van der Waals surface area (Å²) in [7, 11) is 0. The number of non-ortho nitro benzene ring substituents is 1. The van der Waals surface area contributed by atoms with Crippen molar-refractivity contribution < 1.29 is 14.1 Å². The first kappa shape index (κ1) is 13.5. The molecule has 3 aromatic rings. The summed E-state index contributed by atoms with van der Waals surface area (Å²) >= 11 is 3.33. The smallest absolute Gasteiger partial charge is 0.272 e. The highest BCUT2D eigenvalue weighted by Crippen LogP contribution is 2.35. The van der Waals surface area contributed by atoms with Crippen molar-refractivity contribution in [2.75, 3.05) is 0 Å². The number of fused-ring (bicyclic) bond motifs is 1. The second kappa shape index (κ2) is 5.13. The molecular formula is C13H7BrFN3O3. The van der Waals surface area contributed by atoms with Crippen LogP contribution in [0.5, 0.6) is 11.5 Å². The molecule has 0 fully saturated rings. The molecule has 1 aromatic carbocycles. The van der Waals surface area contributed by atoms with Crippen LogP contribution >= 0.6 is 15.9 Å². The minimum Gasteiger partial charge on any atom is -0.451 e. The number of benzene rings is 1. The van der Waals surface area contributed by atoms with Crippen LogP contribution in [0.25, 0.3) is 5.52 Å². The highest BCUT2D eigenvalue weighted by Gasteiger charge is 2.15. The number of pyridine rings is 1. The second-order valence-corrected chi connectivity index (χ2v) is 4.98. The average molecular weight is 352 g/mol. The third-order valence-electron chi connectivity index (χ3n) is 2.82. The van der Waals surface area contributed by atoms with Gasteiger partial charge < -0.3 is 4.74 Å². The molecule has 0 atom stereocenters. The molecule has 0 saturated heterocycles. The van der Waals surface area contributed by atoms with Crippen LogP contribution in [0.1, 0.15) is 0 Å². The van der Waals surface area contributed by atoms with Gasteiger partial charge in [0, 0.05) is 12.3 Å². The van der Waals surface area contributed by atoms with E-state index in [1.807, 2.05) is 0 Å². The number of hydrogen-bond donors (Lipinski definition) is 0. The van der Waals surface area contributed by atoms with Gasteiger partial charge in [0.25, 0.3) is 5.69 Å². The molecule has 0 N–H and O–H groups in total. The van der Waals surface area contributed by atoms with Gasteiger partial charge in [-0.3, -0.25) is 10.1 Å². The van der Waals surface area contributed by atoms with Crippen molar-refractivity contribution in [3.8, 4) is 11.5 Å². The van der Waals surface area contributed by atoms with Crippen molar-refractivity contribution in [1.29, 1.82) is 0 Å². The van der Waals surface area contributed by atoms with E-state index in [1.54, 1.807) is 29.0 Å². The van der Waals surface area contributed by atoms with E-state index >= 15 is 0 Å². The number of aromatic nitrogens is 2. The molecule has 0 bridgehead atoms. The van der Waals surface area contributed by atoms with Crippen molar-refractivity contribution in [2.24, 2.45) is 0 Å². The minimum absolute atomic E-state index is 0.101. The van der Waals surface area contributed by atoms with Gasteiger partial charge in [-0.15, -0.1) is 0 Å². The van der Waals surface area contributed by atoms with Gasteiger partial charge in [-0.05, 0) is 34.1 Å². The molecule has 2 heterocycles. The van der Waals surface area contributed by atoms with E-state index in [0.717, 1.165) is 6.07 Å². The lowest BCUT2D eigenvalue weighted by atomic mass is 10.3. The Balaban J connectivity index is 2.04. The van der Waals surface area contributed by atoms with E-state index in [4.69, 9.17) is 4.74 Å². The summed E-state index contributed by atoms with van der Waals surface area (Å²) in [5.74, 6) is -0.532. The van der Waals surface area contributed by atoms with Crippen LogP contribution in [-0.4, -0.2) is 14.5 Å². The minimum atomic E-state index is -0.808. The molecule has 6 nitrogen and oxygen atoms in total. The van der Waals surface area contributed by atoms with Gasteiger partial charge in [-0.1, -0.05) is 0 Å². The zero-order valence-corrected chi connectivity index (χ0v) is 11.9. The molecule has 0 spiro atoms. The standard InChI is InChI=1S/C13H7BrFN3O3/c14-9-4-6-17-11(3-5-16-17)13(9)21-12-2-1-8(18(19)20)7-10(12)15/h1-7H. The van der Waals surface area contributed by atoms with Crippen molar-refractivity contribution in [1.82, 2.24) is 9.61 Å². The Morgan fingerprint density at radius 1 is 1.33 bits per heavy atom. The fourth-order valence-electron chi connectivity index (χ4n) is 1.84. The van der Waals surface area contributed by atoms with Crippen molar-refractivity contribution >= 4 is 27.1 Å². The molecule has 8 heteroatoms. The van der Waals surface area contributed by atoms with Gasteiger partial charge in [0.15, 0.2) is 17.3 Å². The molecule has 0 unspecified atom stereocenters. The van der Waals surface area contributed by atoms with E-state index in [0.29, 0.717) is 15.7 Å². The largest absolute Gasteiger partial charge is 0.451 e. The van der Waals surface area contributed by atoms with Crippen molar-refractivity contribution in [2.45, 2.75) is 0 Å². The molecule has 0 aliphatic rings. The van der Waals surface area contributed by atoms with Crippen LogP contribution in [0.15, 0.2) is 47.2 Å². The predicted octanol–water partition coefficient (Wildman–Crippen LogP) is 3.94. The Morgan fingerprint density at radius 2 is 2.14 bits per heavy atom. The van der Waals surface area contributed by atoms with Crippen LogP contribution in [0.3, 0.4) is 0 Å². The van der Waals surface area contributed by atoms with Gasteiger partial charge in [0.1, 0.15) is 5.52 Å². The topological polar surface area (TPSA) is 69.7 Å². The summed E-state index contributed by atoms with van der Waals surface area (Å²) in [6, 6.07) is 6.64. The van der Waals surface area contributed by atoms with Gasteiger partial charge in [-0.2, -0.15) is 5.10 Å². The number of ether oxygens (including phenoxy) is 1. The summed E-state index contributed by atoms with van der Waals surface area (Å²) in [5.41, 5.74) is 0.309. The van der Waals surface area contributed by atoms with Crippen molar-refractivity contribution in [3.63, 3.8) is 0 Å². The molecular weight excluding hydrogens is 345 g/mol. The number of hydrogen-bond acceptors (Lipinski definition) is 4. The molecule has 0 aliphatic heterocycles. The maximum atomic E-state index is 13.9. The third-order valence-corrected chi connectivity index (χ3v) is 3.44. The zero-order chi connectivity index (χ0) is 15.0. The van der Waals surface area contributed by atoms with Crippen LogP contribution < -0.4 is 4.74 Å². The predicted molar refractivity (Wildman–Crippen MR) is 76.0 cm³/mol. The first-order valence-corrected chi connectivity index (χ1v) is 6.59. The van der Waals surface area contributed by atoms with Crippen molar-refractivity contribution in [3.05, 3.63) is 63.1 Å².